The quantitative estimate of drug-likeness (QED) is 0.605. The van der Waals surface area contributed by atoms with Gasteiger partial charge in [-0.25, -0.2) is 0 Å². The average molecular weight is 248 g/mol. The molecule has 0 bridgehead atoms. The second-order valence-electron chi connectivity index (χ2n) is 0.375. The topological polar surface area (TPSA) is 23.8 Å². The Labute approximate surface area is 60.2 Å². The van der Waals surface area contributed by atoms with Crippen molar-refractivity contribution in [2.24, 2.45) is 0 Å². The van der Waals surface area contributed by atoms with Gasteiger partial charge in [0.15, 0.2) is 0 Å². The number of halogens is 3. The van der Waals surface area contributed by atoms with Gasteiger partial charge in [0.25, 0.3) is 0 Å². The van der Waals surface area contributed by atoms with Crippen molar-refractivity contribution >= 4 is 29.1 Å². The predicted molar refractivity (Wildman–Crippen MR) is 28.8 cm³/mol. The van der Waals surface area contributed by atoms with Crippen molar-refractivity contribution in [1.29, 1.82) is 5.26 Å². The zero-order valence-electron chi connectivity index (χ0n) is 3.43. The van der Waals surface area contributed by atoms with Gasteiger partial charge in [-0.3, -0.25) is 0 Å². The second-order valence-corrected chi connectivity index (χ2v) is 8.29. The summed E-state index contributed by atoms with van der Waals surface area (Å²) >= 11 is -1.75. The Balaban J connectivity index is 0. The third kappa shape index (κ3) is 179. The monoisotopic (exact) mass is 248 g/mol. The van der Waals surface area contributed by atoms with Crippen LogP contribution in [0.5, 0.6) is 0 Å². The van der Waals surface area contributed by atoms with E-state index < -0.39 is 13.0 Å². The van der Waals surface area contributed by atoms with Crippen molar-refractivity contribution in [3.05, 3.63) is 0 Å². The van der Waals surface area contributed by atoms with Crippen molar-refractivity contribution in [2.75, 3.05) is 0 Å². The van der Waals surface area contributed by atoms with Crippen LogP contribution in [0.3, 0.4) is 0 Å². The molecular formula is C2H3Cl3NRu. The first-order valence-electron chi connectivity index (χ1n) is 1.12. The molecule has 7 heavy (non-hydrogen) atoms. The van der Waals surface area contributed by atoms with Gasteiger partial charge in [-0.05, 0) is 0 Å². The number of rotatable bonds is 0. The Morgan fingerprint density at radius 2 is 1.43 bits per heavy atom. The normalized spacial score (nSPS) is 7.57. The van der Waals surface area contributed by atoms with Crippen molar-refractivity contribution in [1.82, 2.24) is 0 Å². The van der Waals surface area contributed by atoms with Crippen LogP contribution in [0.15, 0.2) is 0 Å². The third-order valence-electron chi connectivity index (χ3n) is 0. The van der Waals surface area contributed by atoms with E-state index in [1.54, 1.807) is 6.07 Å². The van der Waals surface area contributed by atoms with Crippen molar-refractivity contribution in [3.8, 4) is 6.07 Å². The van der Waals surface area contributed by atoms with E-state index in [0.29, 0.717) is 0 Å². The number of hydrogen-bond acceptors (Lipinski definition) is 1. The molecule has 1 nitrogen and oxygen atoms in total. The molecule has 5 heteroatoms. The van der Waals surface area contributed by atoms with Gasteiger partial charge >= 0.3 is 42.1 Å². The summed E-state index contributed by atoms with van der Waals surface area (Å²) in [6.07, 6.45) is 0. The van der Waals surface area contributed by atoms with Crippen molar-refractivity contribution < 1.29 is 13.0 Å². The summed E-state index contributed by atoms with van der Waals surface area (Å²) in [4.78, 5) is 0. The Bertz CT molecular complexity index is 55.7. The zero-order chi connectivity index (χ0) is 6.28. The minimum atomic E-state index is -1.75. The zero-order valence-corrected chi connectivity index (χ0v) is 7.44. The molecule has 0 aliphatic heterocycles. The van der Waals surface area contributed by atoms with Crippen LogP contribution in [0.1, 0.15) is 6.92 Å². The van der Waals surface area contributed by atoms with Crippen molar-refractivity contribution in [2.45, 2.75) is 6.92 Å². The molecule has 0 atom stereocenters. The van der Waals surface area contributed by atoms with Gasteiger partial charge in [0, 0.05) is 6.92 Å². The summed E-state index contributed by atoms with van der Waals surface area (Å²) in [5.74, 6) is 0. The molecule has 0 aromatic carbocycles. The Morgan fingerprint density at radius 3 is 1.43 bits per heavy atom. The fourth-order valence-electron chi connectivity index (χ4n) is 0. The Hall–Kier alpha value is 0.983. The van der Waals surface area contributed by atoms with Gasteiger partial charge in [0.05, 0.1) is 6.07 Å². The van der Waals surface area contributed by atoms with E-state index in [1.807, 2.05) is 0 Å². The van der Waals surface area contributed by atoms with Gasteiger partial charge in [-0.1, -0.05) is 0 Å². The summed E-state index contributed by atoms with van der Waals surface area (Å²) < 4.78 is 0. The maximum atomic E-state index is 7.32. The number of nitrogens with zero attached hydrogens (tertiary/aromatic N) is 1. The van der Waals surface area contributed by atoms with E-state index in [9.17, 15) is 0 Å². The first-order valence-corrected chi connectivity index (χ1v) is 7.84. The molecule has 0 saturated carbocycles. The van der Waals surface area contributed by atoms with Crippen molar-refractivity contribution in [3.63, 3.8) is 0 Å². The first kappa shape index (κ1) is 10.9. The van der Waals surface area contributed by atoms with Gasteiger partial charge < -0.3 is 0 Å². The van der Waals surface area contributed by atoms with Gasteiger partial charge in [0.1, 0.15) is 0 Å². The van der Waals surface area contributed by atoms with Gasteiger partial charge in [0.2, 0.25) is 0 Å². The van der Waals surface area contributed by atoms with E-state index in [2.05, 4.69) is 0 Å². The molecule has 0 saturated heterocycles. The molecule has 0 aliphatic rings. The molecule has 0 amide bonds. The van der Waals surface area contributed by atoms with E-state index in [-0.39, 0.29) is 0 Å². The van der Waals surface area contributed by atoms with Crippen LogP contribution in [-0.4, -0.2) is 0 Å². The molecule has 0 heterocycles. The summed E-state index contributed by atoms with van der Waals surface area (Å²) in [6, 6.07) is 1.75. The van der Waals surface area contributed by atoms with Crippen LogP contribution < -0.4 is 0 Å². The molecule has 0 aliphatic carbocycles. The first-order chi connectivity index (χ1) is 3.15. The molecule has 0 unspecified atom stereocenters. The fraction of sp³-hybridized carbons (Fsp3) is 0.500. The summed E-state index contributed by atoms with van der Waals surface area (Å²) in [5.41, 5.74) is 0. The van der Waals surface area contributed by atoms with Crippen LogP contribution in [0, 0.1) is 11.3 Å². The fourth-order valence-corrected chi connectivity index (χ4v) is 0. The maximum absolute atomic E-state index is 7.32. The number of hydrogen-bond donors (Lipinski definition) is 0. The standard InChI is InChI=1S/C2H3N.3ClH.Ru/c1-2-3;;;;/h1H3;3*1H;/q;;;;+3/p-3. The van der Waals surface area contributed by atoms with Gasteiger partial charge in [-0.15, -0.1) is 0 Å². The second kappa shape index (κ2) is 10.1. The van der Waals surface area contributed by atoms with E-state index >= 15 is 0 Å². The molecule has 0 radical (unpaired) electrons. The third-order valence-corrected chi connectivity index (χ3v) is 0. The van der Waals surface area contributed by atoms with Crippen LogP contribution in [0.25, 0.3) is 0 Å². The Morgan fingerprint density at radius 1 is 1.43 bits per heavy atom. The molecule has 0 rings (SSSR count). The molecule has 0 fully saturated rings. The molecule has 45 valence electrons. The Kier molecular flexibility index (Phi) is 15.6. The van der Waals surface area contributed by atoms with E-state index in [4.69, 9.17) is 34.3 Å². The van der Waals surface area contributed by atoms with E-state index in [1.165, 1.54) is 6.92 Å². The summed E-state index contributed by atoms with van der Waals surface area (Å²) in [7, 11) is 14.8. The predicted octanol–water partition coefficient (Wildman–Crippen LogP) is 2.60. The molecule has 0 aromatic heterocycles. The molecule has 0 N–H and O–H groups in total. The van der Waals surface area contributed by atoms with Gasteiger partial charge in [-0.2, -0.15) is 5.26 Å². The van der Waals surface area contributed by atoms with Crippen LogP contribution in [0.2, 0.25) is 0 Å². The van der Waals surface area contributed by atoms with Crippen LogP contribution in [0.4, 0.5) is 0 Å². The van der Waals surface area contributed by atoms with Crippen LogP contribution >= 0.6 is 29.1 Å². The minimum absolute atomic E-state index is 1.43. The molecule has 0 aromatic rings. The number of nitriles is 1. The summed E-state index contributed by atoms with van der Waals surface area (Å²) in [6.45, 7) is 1.43. The SMILES string of the molecule is CC#N.[Cl][Ru]([Cl])[Cl]. The average Bonchev–Trinajstić information content (AvgIpc) is 1.33. The molecular weight excluding hydrogens is 245 g/mol. The van der Waals surface area contributed by atoms with Crippen LogP contribution in [-0.2, 0) is 13.0 Å². The summed E-state index contributed by atoms with van der Waals surface area (Å²) in [5, 5.41) is 7.32. The molecule has 0 spiro atoms. The van der Waals surface area contributed by atoms with E-state index in [0.717, 1.165) is 0 Å².